The molecule has 4 rings (SSSR count). The lowest BCUT2D eigenvalue weighted by molar-refractivity contribution is 0.0295. The number of nitrogens with zero attached hydrogens (tertiary/aromatic N) is 2. The fraction of sp³-hybridized carbons (Fsp3) is 0.400. The second kappa shape index (κ2) is 7.95. The molecule has 2 aliphatic carbocycles. The summed E-state index contributed by atoms with van der Waals surface area (Å²) in [6.45, 7) is 3.94. The van der Waals surface area contributed by atoms with Gasteiger partial charge in [0.15, 0.2) is 0 Å². The first kappa shape index (κ1) is 20.7. The van der Waals surface area contributed by atoms with Gasteiger partial charge in [-0.25, -0.2) is 5.14 Å². The summed E-state index contributed by atoms with van der Waals surface area (Å²) in [7, 11) is -3.79. The van der Waals surface area contributed by atoms with Crippen molar-refractivity contribution in [2.24, 2.45) is 10.9 Å². The molecular formula is C20H25N5O4S. The zero-order valence-corrected chi connectivity index (χ0v) is 17.6. The number of rotatable bonds is 6. The first-order chi connectivity index (χ1) is 14.2. The Bertz CT molecular complexity index is 1120. The van der Waals surface area contributed by atoms with Crippen LogP contribution in [0.25, 0.3) is 17.0 Å². The van der Waals surface area contributed by atoms with Crippen molar-refractivity contribution in [2.45, 2.75) is 51.4 Å². The van der Waals surface area contributed by atoms with E-state index in [2.05, 4.69) is 14.9 Å². The lowest BCUT2D eigenvalue weighted by Gasteiger charge is -2.22. The Morgan fingerprint density at radius 3 is 2.83 bits per heavy atom. The maximum absolute atomic E-state index is 11.4. The highest BCUT2D eigenvalue weighted by molar-refractivity contribution is 7.87. The Hall–Kier alpha value is -2.53. The van der Waals surface area contributed by atoms with E-state index < -0.39 is 10.2 Å². The van der Waals surface area contributed by atoms with Gasteiger partial charge in [-0.3, -0.25) is 0 Å². The lowest BCUT2D eigenvalue weighted by Crippen LogP contribution is -2.33. The zero-order chi connectivity index (χ0) is 21.5. The standard InChI is InChI=1S/C20H25N5O4S/c1-11(2)28-18-9-6-12(10-16(18)21)20-23-19(24-29-20)15-5-3-4-14-13(15)7-8-17(14)25-30(22,26)27/h3-6,10-11,17-18,25H,7-9,21H2,1-2H3,(H2,22,26,27)/t17-,18?/m0/s1. The molecule has 0 saturated heterocycles. The minimum absolute atomic E-state index is 0.0830. The molecule has 1 unspecified atom stereocenters. The number of benzene rings is 1. The van der Waals surface area contributed by atoms with E-state index in [1.165, 1.54) is 0 Å². The third-order valence-electron chi connectivity index (χ3n) is 5.17. The number of fused-ring (bicyclic) bond motifs is 1. The van der Waals surface area contributed by atoms with Gasteiger partial charge in [0.25, 0.3) is 16.1 Å². The predicted octanol–water partition coefficient (Wildman–Crippen LogP) is 1.94. The van der Waals surface area contributed by atoms with Crippen molar-refractivity contribution in [1.82, 2.24) is 14.9 Å². The number of nitrogens with one attached hydrogen (secondary N) is 1. The Labute approximate surface area is 175 Å². The first-order valence-corrected chi connectivity index (χ1v) is 11.3. The van der Waals surface area contributed by atoms with Crippen molar-refractivity contribution in [1.29, 1.82) is 0 Å². The minimum atomic E-state index is -3.79. The van der Waals surface area contributed by atoms with Gasteiger partial charge in [-0.1, -0.05) is 29.4 Å². The molecule has 9 nitrogen and oxygen atoms in total. The smallest absolute Gasteiger partial charge is 0.274 e. The molecule has 0 radical (unpaired) electrons. The fourth-order valence-electron chi connectivity index (χ4n) is 3.95. The van der Waals surface area contributed by atoms with Crippen LogP contribution in [0.2, 0.25) is 0 Å². The van der Waals surface area contributed by atoms with Gasteiger partial charge in [0, 0.05) is 22.9 Å². The van der Waals surface area contributed by atoms with Crippen LogP contribution in [-0.4, -0.2) is 30.8 Å². The summed E-state index contributed by atoms with van der Waals surface area (Å²) >= 11 is 0. The third-order valence-corrected chi connectivity index (χ3v) is 5.79. The van der Waals surface area contributed by atoms with Crippen LogP contribution in [0.1, 0.15) is 49.7 Å². The Morgan fingerprint density at radius 2 is 2.13 bits per heavy atom. The maximum Gasteiger partial charge on any atom is 0.274 e. The van der Waals surface area contributed by atoms with Crippen LogP contribution < -0.4 is 15.6 Å². The Balaban J connectivity index is 1.59. The molecule has 0 bridgehead atoms. The molecule has 0 spiro atoms. The van der Waals surface area contributed by atoms with Gasteiger partial charge in [-0.15, -0.1) is 0 Å². The van der Waals surface area contributed by atoms with Crippen molar-refractivity contribution in [3.63, 3.8) is 0 Å². The van der Waals surface area contributed by atoms with E-state index in [1.807, 2.05) is 38.1 Å². The van der Waals surface area contributed by atoms with Gasteiger partial charge in [-0.2, -0.15) is 18.1 Å². The van der Waals surface area contributed by atoms with Gasteiger partial charge in [0.2, 0.25) is 5.82 Å². The van der Waals surface area contributed by atoms with E-state index in [0.717, 1.165) is 22.3 Å². The molecule has 30 heavy (non-hydrogen) atoms. The molecule has 5 N–H and O–H groups in total. The molecule has 2 aliphatic rings. The molecule has 0 aliphatic heterocycles. The van der Waals surface area contributed by atoms with Gasteiger partial charge in [0.05, 0.1) is 6.10 Å². The summed E-state index contributed by atoms with van der Waals surface area (Å²) in [5.74, 6) is 0.831. The second-order valence-electron chi connectivity index (χ2n) is 7.76. The molecule has 1 aromatic carbocycles. The lowest BCUT2D eigenvalue weighted by atomic mass is 10.0. The average Bonchev–Trinajstić information content (AvgIpc) is 3.29. The van der Waals surface area contributed by atoms with Crippen molar-refractivity contribution >= 4 is 15.8 Å². The molecule has 160 valence electrons. The van der Waals surface area contributed by atoms with E-state index in [-0.39, 0.29) is 18.2 Å². The van der Waals surface area contributed by atoms with Crippen LogP contribution in [0.5, 0.6) is 0 Å². The topological polar surface area (TPSA) is 146 Å². The molecule has 0 saturated carbocycles. The highest BCUT2D eigenvalue weighted by Crippen LogP contribution is 2.37. The molecule has 1 aromatic heterocycles. The van der Waals surface area contributed by atoms with Crippen molar-refractivity contribution in [3.05, 3.63) is 53.1 Å². The molecular weight excluding hydrogens is 406 g/mol. The highest BCUT2D eigenvalue weighted by atomic mass is 32.2. The normalized spacial score (nSPS) is 21.5. The van der Waals surface area contributed by atoms with Crippen molar-refractivity contribution < 1.29 is 17.7 Å². The summed E-state index contributed by atoms with van der Waals surface area (Å²) in [5.41, 5.74) is 10.2. The summed E-state index contributed by atoms with van der Waals surface area (Å²) < 4.78 is 36.6. The Morgan fingerprint density at radius 1 is 1.33 bits per heavy atom. The summed E-state index contributed by atoms with van der Waals surface area (Å²) in [6.07, 6.45) is 5.64. The first-order valence-electron chi connectivity index (χ1n) is 9.80. The summed E-state index contributed by atoms with van der Waals surface area (Å²) in [4.78, 5) is 4.55. The van der Waals surface area contributed by atoms with E-state index in [4.69, 9.17) is 20.1 Å². The molecule has 0 amide bonds. The largest absolute Gasteiger partial charge is 0.400 e. The summed E-state index contributed by atoms with van der Waals surface area (Å²) in [5, 5.41) is 9.29. The van der Waals surface area contributed by atoms with Crippen molar-refractivity contribution in [3.8, 4) is 11.4 Å². The van der Waals surface area contributed by atoms with Gasteiger partial charge in [-0.05, 0) is 50.3 Å². The van der Waals surface area contributed by atoms with Gasteiger partial charge in [0.1, 0.15) is 6.10 Å². The maximum atomic E-state index is 11.4. The van der Waals surface area contributed by atoms with E-state index >= 15 is 0 Å². The van der Waals surface area contributed by atoms with Crippen LogP contribution >= 0.6 is 0 Å². The molecule has 1 heterocycles. The minimum Gasteiger partial charge on any atom is -0.400 e. The second-order valence-corrected chi connectivity index (χ2v) is 9.09. The zero-order valence-electron chi connectivity index (χ0n) is 16.8. The quantitative estimate of drug-likeness (QED) is 0.633. The molecule has 10 heteroatoms. The predicted molar refractivity (Wildman–Crippen MR) is 112 cm³/mol. The number of ether oxygens (including phenoxy) is 1. The van der Waals surface area contributed by atoms with Crippen LogP contribution in [0.3, 0.4) is 0 Å². The van der Waals surface area contributed by atoms with Crippen LogP contribution in [-0.2, 0) is 21.4 Å². The number of hydrogen-bond donors (Lipinski definition) is 3. The van der Waals surface area contributed by atoms with E-state index in [1.54, 1.807) is 6.08 Å². The number of allylic oxidation sites excluding steroid dienone is 2. The van der Waals surface area contributed by atoms with Gasteiger partial charge < -0.3 is 15.0 Å². The molecule has 0 fully saturated rings. The number of aromatic nitrogens is 2. The number of hydrogen-bond acceptors (Lipinski definition) is 7. The number of nitrogens with two attached hydrogens (primary N) is 2. The average molecular weight is 432 g/mol. The highest BCUT2D eigenvalue weighted by Gasteiger charge is 2.29. The van der Waals surface area contributed by atoms with E-state index in [9.17, 15) is 8.42 Å². The van der Waals surface area contributed by atoms with E-state index in [0.29, 0.717) is 36.7 Å². The monoisotopic (exact) mass is 431 g/mol. The Kier molecular flexibility index (Phi) is 5.49. The SMILES string of the molecule is CC(C)OC1CC=C(c2nc(-c3cccc4c3CC[C@@H]4NS(N)(=O)=O)no2)C=C1N. The van der Waals surface area contributed by atoms with Crippen LogP contribution in [0, 0.1) is 0 Å². The fourth-order valence-corrected chi connectivity index (χ4v) is 4.59. The van der Waals surface area contributed by atoms with Crippen LogP contribution in [0.4, 0.5) is 0 Å². The summed E-state index contributed by atoms with van der Waals surface area (Å²) in [6, 6.07) is 5.28. The van der Waals surface area contributed by atoms with Gasteiger partial charge >= 0.3 is 0 Å². The van der Waals surface area contributed by atoms with Crippen LogP contribution in [0.15, 0.2) is 40.6 Å². The molecule has 2 aromatic rings. The molecule has 2 atom stereocenters. The third kappa shape index (κ3) is 4.31. The van der Waals surface area contributed by atoms with Crippen molar-refractivity contribution in [2.75, 3.05) is 0 Å².